The molecule has 0 aromatic heterocycles. The number of oxime groups is 1. The van der Waals surface area contributed by atoms with Crippen LogP contribution in [0.25, 0.3) is 0 Å². The van der Waals surface area contributed by atoms with Gasteiger partial charge in [0.2, 0.25) is 0 Å². The van der Waals surface area contributed by atoms with Gasteiger partial charge in [-0.25, -0.2) is 0 Å². The smallest absolute Gasteiger partial charge is 0.269 e. The quantitative estimate of drug-likeness (QED) is 0.424. The average Bonchev–Trinajstić information content (AvgIpc) is 2.26. The maximum atomic E-state index is 10.4. The lowest BCUT2D eigenvalue weighted by atomic mass is 10.1. The molecular formula is C9H7N3O3. The van der Waals surface area contributed by atoms with Gasteiger partial charge in [-0.15, -0.1) is 0 Å². The third-order valence-corrected chi connectivity index (χ3v) is 1.64. The van der Waals surface area contributed by atoms with Crippen LogP contribution in [0.15, 0.2) is 29.4 Å². The largest absolute Gasteiger partial charge is 0.398 e. The Labute approximate surface area is 85.5 Å². The summed E-state index contributed by atoms with van der Waals surface area (Å²) in [5, 5.41) is 22.5. The lowest BCUT2D eigenvalue weighted by Crippen LogP contribution is -1.98. The van der Waals surface area contributed by atoms with Crippen molar-refractivity contribution in [2.75, 3.05) is 7.11 Å². The maximum Gasteiger partial charge on any atom is 0.269 e. The molecule has 0 bridgehead atoms. The Morgan fingerprint density at radius 2 is 2.13 bits per heavy atom. The van der Waals surface area contributed by atoms with Gasteiger partial charge < -0.3 is 4.84 Å². The zero-order valence-corrected chi connectivity index (χ0v) is 7.88. The van der Waals surface area contributed by atoms with Crippen LogP contribution in [0.5, 0.6) is 0 Å². The molecule has 15 heavy (non-hydrogen) atoms. The normalized spacial score (nSPS) is 10.5. The average molecular weight is 205 g/mol. The molecular weight excluding hydrogens is 198 g/mol. The summed E-state index contributed by atoms with van der Waals surface area (Å²) in [6.07, 6.45) is 0. The van der Waals surface area contributed by atoms with Crippen LogP contribution in [0.4, 0.5) is 5.69 Å². The minimum absolute atomic E-state index is 0.0338. The number of non-ortho nitro benzene ring substituents is 1. The topological polar surface area (TPSA) is 88.5 Å². The van der Waals surface area contributed by atoms with E-state index in [2.05, 4.69) is 9.99 Å². The van der Waals surface area contributed by atoms with Gasteiger partial charge in [-0.3, -0.25) is 10.1 Å². The fourth-order valence-electron chi connectivity index (χ4n) is 0.970. The highest BCUT2D eigenvalue weighted by Gasteiger charge is 2.07. The van der Waals surface area contributed by atoms with Crippen molar-refractivity contribution in [2.45, 2.75) is 0 Å². The number of benzene rings is 1. The van der Waals surface area contributed by atoms with Gasteiger partial charge in [0, 0.05) is 17.7 Å². The van der Waals surface area contributed by atoms with Crippen molar-refractivity contribution < 1.29 is 9.76 Å². The molecule has 1 aromatic carbocycles. The van der Waals surface area contributed by atoms with Crippen LogP contribution in [-0.4, -0.2) is 17.7 Å². The lowest BCUT2D eigenvalue weighted by Gasteiger charge is -1.96. The second kappa shape index (κ2) is 4.72. The highest BCUT2D eigenvalue weighted by molar-refractivity contribution is 6.11. The Balaban J connectivity index is 3.04. The van der Waals surface area contributed by atoms with E-state index in [1.165, 1.54) is 31.4 Å². The fraction of sp³-hybridized carbons (Fsp3) is 0.111. The summed E-state index contributed by atoms with van der Waals surface area (Å²) in [4.78, 5) is 14.3. The van der Waals surface area contributed by atoms with Crippen molar-refractivity contribution in [3.05, 3.63) is 39.9 Å². The molecule has 0 saturated heterocycles. The molecule has 0 aliphatic carbocycles. The van der Waals surface area contributed by atoms with E-state index < -0.39 is 4.92 Å². The van der Waals surface area contributed by atoms with E-state index >= 15 is 0 Å². The Morgan fingerprint density at radius 3 is 2.53 bits per heavy atom. The molecule has 0 atom stereocenters. The molecule has 1 rings (SSSR count). The summed E-state index contributed by atoms with van der Waals surface area (Å²) >= 11 is 0. The van der Waals surface area contributed by atoms with Crippen LogP contribution in [0, 0.1) is 21.4 Å². The molecule has 0 N–H and O–H groups in total. The van der Waals surface area contributed by atoms with Crippen molar-refractivity contribution in [2.24, 2.45) is 5.16 Å². The van der Waals surface area contributed by atoms with Crippen LogP contribution >= 0.6 is 0 Å². The number of rotatable bonds is 3. The van der Waals surface area contributed by atoms with Gasteiger partial charge in [-0.2, -0.15) is 5.26 Å². The van der Waals surface area contributed by atoms with E-state index in [1.54, 1.807) is 0 Å². The second-order valence-corrected chi connectivity index (χ2v) is 2.54. The fourth-order valence-corrected chi connectivity index (χ4v) is 0.970. The molecule has 0 aliphatic heterocycles. The first kappa shape index (κ1) is 10.7. The van der Waals surface area contributed by atoms with Crippen LogP contribution in [-0.2, 0) is 4.84 Å². The van der Waals surface area contributed by atoms with Gasteiger partial charge in [-0.05, 0) is 12.1 Å². The molecule has 0 spiro atoms. The highest BCUT2D eigenvalue weighted by atomic mass is 16.6. The first-order chi connectivity index (χ1) is 7.19. The summed E-state index contributed by atoms with van der Waals surface area (Å²) in [7, 11) is 1.32. The first-order valence-electron chi connectivity index (χ1n) is 3.95. The van der Waals surface area contributed by atoms with E-state index in [1.807, 2.05) is 6.07 Å². The van der Waals surface area contributed by atoms with E-state index in [0.717, 1.165) is 0 Å². The van der Waals surface area contributed by atoms with E-state index in [9.17, 15) is 10.1 Å². The third kappa shape index (κ3) is 2.51. The van der Waals surface area contributed by atoms with Gasteiger partial charge in [0.05, 0.1) is 4.92 Å². The minimum Gasteiger partial charge on any atom is -0.398 e. The molecule has 0 aliphatic rings. The van der Waals surface area contributed by atoms with Gasteiger partial charge in [0.1, 0.15) is 13.2 Å². The number of nitro benzene ring substituents is 1. The van der Waals surface area contributed by atoms with E-state index in [0.29, 0.717) is 5.56 Å². The molecule has 1 aromatic rings. The SMILES string of the molecule is CO/N=C(\C#N)c1ccc([N+](=O)[O-])cc1. The summed E-state index contributed by atoms with van der Waals surface area (Å²) in [6, 6.07) is 7.32. The van der Waals surface area contributed by atoms with Gasteiger partial charge in [0.15, 0.2) is 5.71 Å². The van der Waals surface area contributed by atoms with Crippen molar-refractivity contribution in [3.8, 4) is 6.07 Å². The van der Waals surface area contributed by atoms with Crippen LogP contribution in [0.2, 0.25) is 0 Å². The molecule has 0 fully saturated rings. The molecule has 6 nitrogen and oxygen atoms in total. The van der Waals surface area contributed by atoms with Gasteiger partial charge >= 0.3 is 0 Å². The predicted molar refractivity (Wildman–Crippen MR) is 52.3 cm³/mol. The summed E-state index contributed by atoms with van der Waals surface area (Å²) < 4.78 is 0. The zero-order valence-electron chi connectivity index (χ0n) is 7.88. The lowest BCUT2D eigenvalue weighted by molar-refractivity contribution is -0.384. The highest BCUT2D eigenvalue weighted by Crippen LogP contribution is 2.12. The van der Waals surface area contributed by atoms with Crippen molar-refractivity contribution in [1.82, 2.24) is 0 Å². The Morgan fingerprint density at radius 1 is 1.53 bits per heavy atom. The van der Waals surface area contributed by atoms with Crippen LogP contribution in [0.1, 0.15) is 5.56 Å². The third-order valence-electron chi connectivity index (χ3n) is 1.64. The van der Waals surface area contributed by atoms with Gasteiger partial charge in [-0.1, -0.05) is 5.16 Å². The number of nitrogens with zero attached hydrogens (tertiary/aromatic N) is 3. The monoisotopic (exact) mass is 205 g/mol. The molecule has 0 amide bonds. The molecule has 0 unspecified atom stereocenters. The summed E-state index contributed by atoms with van der Waals surface area (Å²) in [5.41, 5.74) is 0.519. The van der Waals surface area contributed by atoms with Crippen molar-refractivity contribution >= 4 is 11.4 Å². The number of hydrogen-bond acceptors (Lipinski definition) is 5. The van der Waals surface area contributed by atoms with E-state index in [-0.39, 0.29) is 11.4 Å². The summed E-state index contributed by atoms with van der Waals surface area (Å²) in [6.45, 7) is 0. The number of nitriles is 1. The summed E-state index contributed by atoms with van der Waals surface area (Å²) in [5.74, 6) is 0. The number of nitro groups is 1. The standard InChI is InChI=1S/C9H7N3O3/c1-15-11-9(6-10)7-2-4-8(5-3-7)12(13)14/h2-5H,1H3/b11-9+. The Kier molecular flexibility index (Phi) is 3.35. The Bertz CT molecular complexity index is 431. The van der Waals surface area contributed by atoms with Crippen molar-refractivity contribution in [1.29, 1.82) is 5.26 Å². The van der Waals surface area contributed by atoms with Gasteiger partial charge in [0.25, 0.3) is 5.69 Å². The Hall–Kier alpha value is -2.42. The molecule has 0 radical (unpaired) electrons. The van der Waals surface area contributed by atoms with Crippen molar-refractivity contribution in [3.63, 3.8) is 0 Å². The number of hydrogen-bond donors (Lipinski definition) is 0. The second-order valence-electron chi connectivity index (χ2n) is 2.54. The zero-order chi connectivity index (χ0) is 11.3. The van der Waals surface area contributed by atoms with E-state index in [4.69, 9.17) is 5.26 Å². The molecule has 76 valence electrons. The first-order valence-corrected chi connectivity index (χ1v) is 3.95. The molecule has 0 saturated carbocycles. The van der Waals surface area contributed by atoms with Crippen LogP contribution in [0.3, 0.4) is 0 Å². The minimum atomic E-state index is -0.511. The predicted octanol–water partition coefficient (Wildman–Crippen LogP) is 1.47. The molecule has 0 heterocycles. The van der Waals surface area contributed by atoms with Crippen LogP contribution < -0.4 is 0 Å². The molecule has 6 heteroatoms. The maximum absolute atomic E-state index is 10.4.